The Labute approximate surface area is 99.5 Å². The van der Waals surface area contributed by atoms with Gasteiger partial charge in [0.15, 0.2) is 0 Å². The topological polar surface area (TPSA) is 42.0 Å². The summed E-state index contributed by atoms with van der Waals surface area (Å²) in [5, 5.41) is 3.13. The first-order valence-corrected chi connectivity index (χ1v) is 5.64. The van der Waals surface area contributed by atoms with E-state index < -0.39 is 0 Å². The standard InChI is InChI=1S/C10H12N2OS.ClH/c1-7-9(13)12-10(7)14-6-8-4-2-3-5-11-8;/h2-5,7,10H,6H2,1H3,(H,12,13);1H. The Morgan fingerprint density at radius 2 is 2.33 bits per heavy atom. The van der Waals surface area contributed by atoms with Gasteiger partial charge < -0.3 is 5.32 Å². The van der Waals surface area contributed by atoms with Crippen LogP contribution in [0, 0.1) is 5.92 Å². The van der Waals surface area contributed by atoms with Gasteiger partial charge in [0.25, 0.3) is 0 Å². The number of aromatic nitrogens is 1. The first-order valence-electron chi connectivity index (χ1n) is 4.59. The largest absolute Gasteiger partial charge is 0.343 e. The van der Waals surface area contributed by atoms with Crippen LogP contribution >= 0.6 is 24.2 Å². The monoisotopic (exact) mass is 244 g/mol. The summed E-state index contributed by atoms with van der Waals surface area (Å²) in [6.07, 6.45) is 1.79. The predicted octanol–water partition coefficient (Wildman–Crippen LogP) is 1.83. The number of nitrogens with zero attached hydrogens (tertiary/aromatic N) is 1. The highest BCUT2D eigenvalue weighted by Gasteiger charge is 2.35. The normalized spacial score (nSPS) is 23.7. The van der Waals surface area contributed by atoms with Crippen molar-refractivity contribution in [3.05, 3.63) is 30.1 Å². The number of nitrogens with one attached hydrogen (secondary N) is 1. The summed E-state index contributed by atoms with van der Waals surface area (Å²) in [4.78, 5) is 15.1. The van der Waals surface area contributed by atoms with Crippen LogP contribution in [0.1, 0.15) is 12.6 Å². The third kappa shape index (κ3) is 2.86. The number of thioether (sulfide) groups is 1. The van der Waals surface area contributed by atoms with Crippen molar-refractivity contribution in [1.29, 1.82) is 0 Å². The van der Waals surface area contributed by atoms with Crippen molar-refractivity contribution in [1.82, 2.24) is 10.3 Å². The minimum absolute atomic E-state index is 0. The quantitative estimate of drug-likeness (QED) is 0.825. The van der Waals surface area contributed by atoms with Gasteiger partial charge in [-0.2, -0.15) is 0 Å². The summed E-state index contributed by atoms with van der Waals surface area (Å²) in [7, 11) is 0. The van der Waals surface area contributed by atoms with Crippen LogP contribution in [0.15, 0.2) is 24.4 Å². The molecule has 2 atom stereocenters. The molecule has 1 aliphatic heterocycles. The minimum atomic E-state index is 0. The molecular weight excluding hydrogens is 232 g/mol. The molecule has 0 spiro atoms. The van der Waals surface area contributed by atoms with Crippen molar-refractivity contribution in [3.8, 4) is 0 Å². The molecule has 2 heterocycles. The van der Waals surface area contributed by atoms with Crippen LogP contribution in [-0.2, 0) is 10.5 Å². The average Bonchev–Trinajstić information content (AvgIpc) is 2.25. The highest BCUT2D eigenvalue weighted by atomic mass is 35.5. The first-order chi connectivity index (χ1) is 6.77. The van der Waals surface area contributed by atoms with Crippen LogP contribution in [0.4, 0.5) is 0 Å². The van der Waals surface area contributed by atoms with Gasteiger partial charge in [0.1, 0.15) is 0 Å². The minimum Gasteiger partial charge on any atom is -0.343 e. The Kier molecular flexibility index (Phi) is 4.42. The lowest BCUT2D eigenvalue weighted by Gasteiger charge is -2.33. The van der Waals surface area contributed by atoms with Crippen LogP contribution < -0.4 is 5.32 Å². The summed E-state index contributed by atoms with van der Waals surface area (Å²) >= 11 is 1.73. The third-order valence-corrected chi connectivity index (χ3v) is 3.64. The van der Waals surface area contributed by atoms with E-state index in [9.17, 15) is 4.79 Å². The van der Waals surface area contributed by atoms with Gasteiger partial charge in [-0.05, 0) is 12.1 Å². The Balaban J connectivity index is 0.00000112. The van der Waals surface area contributed by atoms with E-state index in [0.717, 1.165) is 11.4 Å². The van der Waals surface area contributed by atoms with Gasteiger partial charge in [0.2, 0.25) is 5.91 Å². The second-order valence-electron chi connectivity index (χ2n) is 3.35. The molecule has 1 fully saturated rings. The number of halogens is 1. The first kappa shape index (κ1) is 12.3. The van der Waals surface area contributed by atoms with E-state index in [-0.39, 0.29) is 29.6 Å². The molecule has 0 bridgehead atoms. The highest BCUT2D eigenvalue weighted by molar-refractivity contribution is 7.99. The predicted molar refractivity (Wildman–Crippen MR) is 63.9 cm³/mol. The lowest BCUT2D eigenvalue weighted by Crippen LogP contribution is -2.54. The molecule has 5 heteroatoms. The number of rotatable bonds is 3. The smallest absolute Gasteiger partial charge is 0.226 e. The van der Waals surface area contributed by atoms with Gasteiger partial charge in [0.05, 0.1) is 17.0 Å². The fourth-order valence-corrected chi connectivity index (χ4v) is 2.42. The molecule has 3 nitrogen and oxygen atoms in total. The molecule has 0 aliphatic carbocycles. The molecule has 15 heavy (non-hydrogen) atoms. The molecule has 1 aliphatic rings. The Bertz CT molecular complexity index is 333. The molecule has 82 valence electrons. The third-order valence-electron chi connectivity index (χ3n) is 2.29. The van der Waals surface area contributed by atoms with E-state index in [1.807, 2.05) is 25.1 Å². The maximum atomic E-state index is 10.9. The number of carbonyl (C=O) groups excluding carboxylic acids is 1. The van der Waals surface area contributed by atoms with Gasteiger partial charge in [-0.3, -0.25) is 9.78 Å². The molecule has 0 saturated carbocycles. The summed E-state index contributed by atoms with van der Waals surface area (Å²) < 4.78 is 0. The van der Waals surface area contributed by atoms with E-state index in [1.165, 1.54) is 0 Å². The second-order valence-corrected chi connectivity index (χ2v) is 4.48. The SMILES string of the molecule is CC1C(=O)NC1SCc1ccccn1.Cl. The van der Waals surface area contributed by atoms with E-state index in [1.54, 1.807) is 18.0 Å². The Morgan fingerprint density at radius 1 is 1.53 bits per heavy atom. The zero-order chi connectivity index (χ0) is 9.97. The molecule has 1 amide bonds. The highest BCUT2D eigenvalue weighted by Crippen LogP contribution is 2.27. The summed E-state index contributed by atoms with van der Waals surface area (Å²) in [5.41, 5.74) is 1.06. The molecule has 2 rings (SSSR count). The van der Waals surface area contributed by atoms with E-state index in [4.69, 9.17) is 0 Å². The number of hydrogen-bond acceptors (Lipinski definition) is 3. The maximum Gasteiger partial charge on any atom is 0.226 e. The average molecular weight is 245 g/mol. The molecule has 1 aromatic heterocycles. The molecule has 1 N–H and O–H groups in total. The molecule has 2 unspecified atom stereocenters. The van der Waals surface area contributed by atoms with Crippen molar-refractivity contribution in [2.24, 2.45) is 5.92 Å². The van der Waals surface area contributed by atoms with Crippen molar-refractivity contribution < 1.29 is 4.79 Å². The van der Waals surface area contributed by atoms with Gasteiger partial charge >= 0.3 is 0 Å². The van der Waals surface area contributed by atoms with Crippen LogP contribution in [-0.4, -0.2) is 16.3 Å². The van der Waals surface area contributed by atoms with Crippen molar-refractivity contribution in [3.63, 3.8) is 0 Å². The van der Waals surface area contributed by atoms with Gasteiger partial charge in [-0.25, -0.2) is 0 Å². The number of amides is 1. The van der Waals surface area contributed by atoms with Gasteiger partial charge in [0, 0.05) is 11.9 Å². The summed E-state index contributed by atoms with van der Waals surface area (Å²) in [5.74, 6) is 1.16. The second kappa shape index (κ2) is 5.37. The van der Waals surface area contributed by atoms with E-state index in [0.29, 0.717) is 0 Å². The zero-order valence-corrected chi connectivity index (χ0v) is 9.98. The fourth-order valence-electron chi connectivity index (χ4n) is 1.28. The van der Waals surface area contributed by atoms with Gasteiger partial charge in [-0.1, -0.05) is 13.0 Å². The maximum absolute atomic E-state index is 10.9. The summed E-state index contributed by atoms with van der Waals surface area (Å²) in [6.45, 7) is 1.95. The van der Waals surface area contributed by atoms with Crippen LogP contribution in [0.25, 0.3) is 0 Å². The fraction of sp³-hybridized carbons (Fsp3) is 0.400. The van der Waals surface area contributed by atoms with E-state index in [2.05, 4.69) is 10.3 Å². The molecule has 0 aromatic carbocycles. The molecular formula is C10H13ClN2OS. The van der Waals surface area contributed by atoms with Crippen molar-refractivity contribution in [2.45, 2.75) is 18.1 Å². The lowest BCUT2D eigenvalue weighted by molar-refractivity contribution is -0.131. The zero-order valence-electron chi connectivity index (χ0n) is 8.34. The van der Waals surface area contributed by atoms with Gasteiger partial charge in [-0.15, -0.1) is 24.2 Å². The van der Waals surface area contributed by atoms with Crippen LogP contribution in [0.5, 0.6) is 0 Å². The Morgan fingerprint density at radius 3 is 2.87 bits per heavy atom. The molecule has 1 saturated heterocycles. The van der Waals surface area contributed by atoms with Crippen LogP contribution in [0.3, 0.4) is 0 Å². The lowest BCUT2D eigenvalue weighted by atomic mass is 10.1. The Hall–Kier alpha value is -0.740. The molecule has 0 radical (unpaired) electrons. The number of β-lactam (4-membered cyclic amide) rings is 1. The van der Waals surface area contributed by atoms with E-state index >= 15 is 0 Å². The van der Waals surface area contributed by atoms with Crippen LogP contribution in [0.2, 0.25) is 0 Å². The number of carbonyl (C=O) groups is 1. The molecule has 1 aromatic rings. The number of hydrogen-bond donors (Lipinski definition) is 1. The number of pyridine rings is 1. The van der Waals surface area contributed by atoms with Crippen molar-refractivity contribution >= 4 is 30.1 Å². The summed E-state index contributed by atoms with van der Waals surface area (Å²) in [6, 6.07) is 5.88. The van der Waals surface area contributed by atoms with Crippen molar-refractivity contribution in [2.75, 3.05) is 0 Å².